The van der Waals surface area contributed by atoms with Crippen LogP contribution in [-0.4, -0.2) is 60.8 Å². The molecule has 0 spiro atoms. The van der Waals surface area contributed by atoms with Gasteiger partial charge in [-0.15, -0.1) is 0 Å². The third-order valence-electron chi connectivity index (χ3n) is 8.43. The van der Waals surface area contributed by atoms with Crippen molar-refractivity contribution in [3.8, 4) is 17.2 Å². The smallest absolute Gasteiger partial charge is 0.254 e. The highest BCUT2D eigenvalue weighted by molar-refractivity contribution is 5.96. The molecule has 2 heterocycles. The van der Waals surface area contributed by atoms with Crippen LogP contribution in [0.3, 0.4) is 0 Å². The Hall–Kier alpha value is -3.13. The molecule has 1 saturated heterocycles. The minimum absolute atomic E-state index is 0.156. The van der Waals surface area contributed by atoms with Gasteiger partial charge in [0, 0.05) is 56.7 Å². The SMILES string of the molecule is COc1cc(C(=O)N(C/C(C)=C/c2ccc(F)cc2F)CC2CCCN2CC2CCCCC2)cc2c1OC(C)(C)O2. The Bertz CT molecular complexity index is 1290. The number of hydrogen-bond acceptors (Lipinski definition) is 5. The van der Waals surface area contributed by atoms with Crippen LogP contribution in [0.15, 0.2) is 35.9 Å². The third-order valence-corrected chi connectivity index (χ3v) is 8.43. The zero-order valence-corrected chi connectivity index (χ0v) is 24.7. The molecule has 0 aromatic heterocycles. The zero-order chi connectivity index (χ0) is 29.1. The fraction of sp³-hybridized carbons (Fsp3) is 0.545. The van der Waals surface area contributed by atoms with E-state index < -0.39 is 17.4 Å². The molecule has 8 heteroatoms. The molecule has 1 amide bonds. The summed E-state index contributed by atoms with van der Waals surface area (Å²) in [7, 11) is 1.54. The van der Waals surface area contributed by atoms with E-state index in [0.29, 0.717) is 41.5 Å². The average molecular weight is 569 g/mol. The molecule has 2 aliphatic heterocycles. The minimum atomic E-state index is -0.862. The van der Waals surface area contributed by atoms with Crippen molar-refractivity contribution < 1.29 is 27.8 Å². The van der Waals surface area contributed by atoms with Crippen molar-refractivity contribution in [1.29, 1.82) is 0 Å². The summed E-state index contributed by atoms with van der Waals surface area (Å²) >= 11 is 0. The Labute approximate surface area is 242 Å². The zero-order valence-electron chi connectivity index (χ0n) is 24.7. The van der Waals surface area contributed by atoms with E-state index >= 15 is 0 Å². The van der Waals surface area contributed by atoms with Gasteiger partial charge in [0.1, 0.15) is 11.6 Å². The Balaban J connectivity index is 1.41. The van der Waals surface area contributed by atoms with E-state index in [4.69, 9.17) is 14.2 Å². The van der Waals surface area contributed by atoms with E-state index in [2.05, 4.69) is 4.90 Å². The Kier molecular flexibility index (Phi) is 8.88. The van der Waals surface area contributed by atoms with Crippen LogP contribution < -0.4 is 14.2 Å². The molecule has 0 N–H and O–H groups in total. The quantitative estimate of drug-likeness (QED) is 0.324. The highest BCUT2D eigenvalue weighted by Gasteiger charge is 2.36. The number of carbonyl (C=O) groups excluding carboxylic acids is 1. The van der Waals surface area contributed by atoms with E-state index in [1.54, 1.807) is 25.3 Å². The second kappa shape index (κ2) is 12.4. The number of hydrogen-bond donors (Lipinski definition) is 0. The standard InChI is InChI=1S/C33H42F2N2O4/c1-22(15-24-12-13-26(34)18-28(24)35)19-37(21-27-11-8-14-36(27)20-23-9-6-5-7-10-23)32(38)25-16-29(39-4)31-30(17-25)40-33(2,3)41-31/h12-13,15-18,23,27H,5-11,14,19-21H2,1-4H3/b22-15+. The van der Waals surface area contributed by atoms with Crippen LogP contribution in [-0.2, 0) is 0 Å². The molecule has 3 aliphatic rings. The van der Waals surface area contributed by atoms with Crippen molar-refractivity contribution >= 4 is 12.0 Å². The summed E-state index contributed by atoms with van der Waals surface area (Å²) in [5.41, 5.74) is 1.54. The number of benzene rings is 2. The van der Waals surface area contributed by atoms with Gasteiger partial charge >= 0.3 is 0 Å². The topological polar surface area (TPSA) is 51.2 Å². The van der Waals surface area contributed by atoms with Gasteiger partial charge < -0.3 is 19.1 Å². The number of nitrogens with zero attached hydrogens (tertiary/aromatic N) is 2. The second-order valence-electron chi connectivity index (χ2n) is 12.2. The van der Waals surface area contributed by atoms with Crippen molar-refractivity contribution in [2.45, 2.75) is 77.5 Å². The molecule has 2 aromatic carbocycles. The van der Waals surface area contributed by atoms with Gasteiger partial charge in [0.25, 0.3) is 5.91 Å². The van der Waals surface area contributed by atoms with Crippen LogP contribution in [0, 0.1) is 17.6 Å². The number of methoxy groups -OCH3 is 1. The fourth-order valence-corrected chi connectivity index (χ4v) is 6.49. The van der Waals surface area contributed by atoms with Gasteiger partial charge in [-0.3, -0.25) is 9.69 Å². The fourth-order valence-electron chi connectivity index (χ4n) is 6.49. The van der Waals surface area contributed by atoms with E-state index in [-0.39, 0.29) is 11.9 Å². The first-order chi connectivity index (χ1) is 19.6. The van der Waals surface area contributed by atoms with Gasteiger partial charge in [-0.05, 0) is 69.3 Å². The monoisotopic (exact) mass is 568 g/mol. The van der Waals surface area contributed by atoms with Crippen molar-refractivity contribution in [2.75, 3.05) is 33.3 Å². The lowest BCUT2D eigenvalue weighted by Crippen LogP contribution is -2.45. The summed E-state index contributed by atoms with van der Waals surface area (Å²) in [6, 6.07) is 7.22. The first-order valence-electron chi connectivity index (χ1n) is 14.9. The van der Waals surface area contributed by atoms with Crippen LogP contribution >= 0.6 is 0 Å². The molecule has 5 rings (SSSR count). The molecule has 1 saturated carbocycles. The van der Waals surface area contributed by atoms with Gasteiger partial charge in [-0.1, -0.05) is 30.9 Å². The normalized spacial score (nSPS) is 20.8. The molecule has 41 heavy (non-hydrogen) atoms. The maximum Gasteiger partial charge on any atom is 0.254 e. The van der Waals surface area contributed by atoms with Crippen LogP contribution in [0.4, 0.5) is 8.78 Å². The van der Waals surface area contributed by atoms with E-state index in [1.807, 2.05) is 25.7 Å². The predicted octanol–water partition coefficient (Wildman–Crippen LogP) is 7.07. The van der Waals surface area contributed by atoms with Gasteiger partial charge in [0.15, 0.2) is 11.5 Å². The molecule has 0 radical (unpaired) electrons. The summed E-state index contributed by atoms with van der Waals surface area (Å²) in [6.07, 6.45) is 10.3. The minimum Gasteiger partial charge on any atom is -0.493 e. The molecule has 1 aliphatic carbocycles. The van der Waals surface area contributed by atoms with Gasteiger partial charge in [0.2, 0.25) is 11.5 Å². The number of rotatable bonds is 9. The van der Waals surface area contributed by atoms with Crippen molar-refractivity contribution in [3.63, 3.8) is 0 Å². The Morgan fingerprint density at radius 3 is 2.61 bits per heavy atom. The molecule has 1 unspecified atom stereocenters. The lowest BCUT2D eigenvalue weighted by Gasteiger charge is -2.34. The molecular formula is C33H42F2N2O4. The first-order valence-corrected chi connectivity index (χ1v) is 14.9. The Morgan fingerprint density at radius 1 is 1.10 bits per heavy atom. The summed E-state index contributed by atoms with van der Waals surface area (Å²) in [4.78, 5) is 18.6. The van der Waals surface area contributed by atoms with E-state index in [9.17, 15) is 13.6 Å². The molecule has 2 fully saturated rings. The van der Waals surface area contributed by atoms with Gasteiger partial charge in [-0.25, -0.2) is 8.78 Å². The van der Waals surface area contributed by atoms with Gasteiger partial charge in [-0.2, -0.15) is 0 Å². The summed E-state index contributed by atoms with van der Waals surface area (Å²) < 4.78 is 45.3. The van der Waals surface area contributed by atoms with Crippen LogP contribution in [0.25, 0.3) is 6.08 Å². The van der Waals surface area contributed by atoms with Crippen molar-refractivity contribution in [2.24, 2.45) is 5.92 Å². The second-order valence-corrected chi connectivity index (χ2v) is 12.2. The molecule has 1 atom stereocenters. The summed E-state index contributed by atoms with van der Waals surface area (Å²) in [5, 5.41) is 0. The van der Waals surface area contributed by atoms with Crippen molar-refractivity contribution in [1.82, 2.24) is 9.80 Å². The van der Waals surface area contributed by atoms with Gasteiger partial charge in [0.05, 0.1) is 7.11 Å². The maximum atomic E-state index is 14.4. The van der Waals surface area contributed by atoms with Crippen LogP contribution in [0.1, 0.15) is 81.6 Å². The lowest BCUT2D eigenvalue weighted by molar-refractivity contribution is -0.0439. The first kappa shape index (κ1) is 29.4. The molecule has 2 aromatic rings. The average Bonchev–Trinajstić information content (AvgIpc) is 3.50. The van der Waals surface area contributed by atoms with Crippen LogP contribution in [0.5, 0.6) is 17.2 Å². The Morgan fingerprint density at radius 2 is 1.88 bits per heavy atom. The molecular weight excluding hydrogens is 526 g/mol. The number of halogens is 2. The maximum absolute atomic E-state index is 14.4. The highest BCUT2D eigenvalue weighted by Crippen LogP contribution is 2.47. The van der Waals surface area contributed by atoms with Crippen molar-refractivity contribution in [3.05, 3.63) is 58.7 Å². The number of ether oxygens (including phenoxy) is 3. The molecule has 6 nitrogen and oxygen atoms in total. The van der Waals surface area contributed by atoms with E-state index in [0.717, 1.165) is 43.5 Å². The number of likely N-dealkylation sites (tertiary alicyclic amines) is 1. The third kappa shape index (κ3) is 7.03. The van der Waals surface area contributed by atoms with E-state index in [1.165, 1.54) is 44.2 Å². The summed E-state index contributed by atoms with van der Waals surface area (Å²) in [6.45, 7) is 8.49. The highest BCUT2D eigenvalue weighted by atomic mass is 19.1. The molecule has 222 valence electrons. The van der Waals surface area contributed by atoms with Crippen LogP contribution in [0.2, 0.25) is 0 Å². The predicted molar refractivity (Wildman–Crippen MR) is 155 cm³/mol. The number of fused-ring (bicyclic) bond motifs is 1. The largest absolute Gasteiger partial charge is 0.493 e. The molecule has 0 bridgehead atoms. The lowest BCUT2D eigenvalue weighted by atomic mass is 9.89. The summed E-state index contributed by atoms with van der Waals surface area (Å²) in [5.74, 6) is -0.144. The number of carbonyl (C=O) groups is 1. The number of amides is 1.